The van der Waals surface area contributed by atoms with Gasteiger partial charge in [-0.15, -0.1) is 0 Å². The molecular weight excluding hydrogens is 735 g/mol. The minimum atomic E-state index is -1.32. The predicted molar refractivity (Wildman–Crippen MR) is 206 cm³/mol. The van der Waals surface area contributed by atoms with Gasteiger partial charge in [0.05, 0.1) is 13.1 Å². The molecule has 1 aliphatic carbocycles. The van der Waals surface area contributed by atoms with Crippen LogP contribution in [0.5, 0.6) is 0 Å². The van der Waals surface area contributed by atoms with Crippen LogP contribution in [0.3, 0.4) is 0 Å². The van der Waals surface area contributed by atoms with Crippen molar-refractivity contribution in [3.8, 4) is 0 Å². The van der Waals surface area contributed by atoms with Crippen LogP contribution >= 0.6 is 0 Å². The second-order valence-corrected chi connectivity index (χ2v) is 16.3. The van der Waals surface area contributed by atoms with E-state index in [1.807, 2.05) is 42.5 Å². The number of alkyl carbamates (subject to hydrolysis) is 1. The van der Waals surface area contributed by atoms with Gasteiger partial charge in [-0.2, -0.15) is 0 Å². The average molecular weight is 789 g/mol. The van der Waals surface area contributed by atoms with Crippen LogP contribution in [-0.2, 0) is 48.3 Å². The summed E-state index contributed by atoms with van der Waals surface area (Å²) in [6.07, 6.45) is 4.94. The molecule has 0 bridgehead atoms. The van der Waals surface area contributed by atoms with Crippen molar-refractivity contribution >= 4 is 35.8 Å². The molecule has 15 heteroatoms. The van der Waals surface area contributed by atoms with Crippen molar-refractivity contribution in [1.29, 1.82) is 0 Å². The molecule has 306 valence electrons. The summed E-state index contributed by atoms with van der Waals surface area (Å²) in [5.41, 5.74) is -0.129. The molecule has 0 aromatic heterocycles. The molecule has 6 amide bonds. The molecule has 57 heavy (non-hydrogen) atoms. The lowest BCUT2D eigenvalue weighted by Gasteiger charge is -2.30. The zero-order valence-corrected chi connectivity index (χ0v) is 32.8. The number of rotatable bonds is 8. The van der Waals surface area contributed by atoms with E-state index in [-0.39, 0.29) is 57.3 Å². The smallest absolute Gasteiger partial charge is 0.410 e. The predicted octanol–water partition coefficient (Wildman–Crippen LogP) is 4.36. The van der Waals surface area contributed by atoms with E-state index in [0.29, 0.717) is 30.5 Å². The lowest BCUT2D eigenvalue weighted by Crippen LogP contribution is -2.58. The third kappa shape index (κ3) is 10.5. The van der Waals surface area contributed by atoms with Crippen LogP contribution in [0.15, 0.2) is 60.7 Å². The Morgan fingerprint density at radius 2 is 1.77 bits per heavy atom. The highest BCUT2D eigenvalue weighted by atomic mass is 19.1. The van der Waals surface area contributed by atoms with Crippen molar-refractivity contribution in [2.75, 3.05) is 13.1 Å². The average Bonchev–Trinajstić information content (AvgIpc) is 3.45. The van der Waals surface area contributed by atoms with E-state index < -0.39 is 65.1 Å². The first-order chi connectivity index (χ1) is 27.2. The number of carbonyl (C=O) groups is 6. The van der Waals surface area contributed by atoms with Gasteiger partial charge in [-0.05, 0) is 63.6 Å². The number of halogens is 1. The Labute approximate surface area is 332 Å². The van der Waals surface area contributed by atoms with E-state index >= 15 is 0 Å². The number of benzene rings is 2. The van der Waals surface area contributed by atoms with E-state index in [9.17, 15) is 33.2 Å². The Kier molecular flexibility index (Phi) is 12.8. The van der Waals surface area contributed by atoms with Crippen LogP contribution in [0.4, 0.5) is 14.0 Å². The zero-order chi connectivity index (χ0) is 40.7. The summed E-state index contributed by atoms with van der Waals surface area (Å²) in [6.45, 7) is 5.55. The summed E-state index contributed by atoms with van der Waals surface area (Å²) in [4.78, 5) is 84.2. The number of allylic oxidation sites excluding steroid dienone is 1. The molecule has 6 rings (SSSR count). The number of nitrogens with zero attached hydrogens (tertiary/aromatic N) is 2. The molecule has 5 atom stereocenters. The molecule has 14 nitrogen and oxygen atoms in total. The number of nitrogens with one attached hydrogen (secondary N) is 4. The zero-order valence-electron chi connectivity index (χ0n) is 32.8. The van der Waals surface area contributed by atoms with Crippen LogP contribution in [0.1, 0.15) is 88.8 Å². The third-order valence-corrected chi connectivity index (χ3v) is 10.8. The fourth-order valence-corrected chi connectivity index (χ4v) is 7.67. The van der Waals surface area contributed by atoms with Gasteiger partial charge in [-0.25, -0.2) is 14.0 Å². The molecule has 4 N–H and O–H groups in total. The van der Waals surface area contributed by atoms with Gasteiger partial charge in [-0.3, -0.25) is 24.1 Å². The number of amides is 6. The molecule has 0 spiro atoms. The second-order valence-electron chi connectivity index (χ2n) is 16.3. The van der Waals surface area contributed by atoms with Crippen LogP contribution in [-0.4, -0.2) is 88.0 Å². The topological polar surface area (TPSA) is 175 Å². The van der Waals surface area contributed by atoms with Gasteiger partial charge >= 0.3 is 12.2 Å². The normalized spacial score (nSPS) is 25.3. The number of carbonyl (C=O) groups excluding carboxylic acids is 6. The van der Waals surface area contributed by atoms with Crippen molar-refractivity contribution in [3.63, 3.8) is 0 Å². The maximum atomic E-state index is 14.5. The summed E-state index contributed by atoms with van der Waals surface area (Å²) in [6, 6.07) is 11.9. The standard InChI is InChI=1S/C42H53FN6O8/c1-41(2,3)57-39(54)46-33-18-11-6-4-5-10-16-29-22-42(29,38(53)44-20-19-35(50)45-23-27-13-8-7-9-14-27)47-36(51)34-21-30(25-49(34)37(33)52)56-40(55)48-24-28-15-12-17-32(43)31(28)26-48/h7-10,12-17,29-30,33-34H,4-6,11,18-26H2,1-3H3,(H,44,53)(H,45,50)(H,46,54)(H,47,51)/b16-10-/t29-,30+,33-,34-,42+/m0/s1. The monoisotopic (exact) mass is 788 g/mol. The molecule has 0 unspecified atom stereocenters. The first-order valence-electron chi connectivity index (χ1n) is 19.8. The molecule has 2 fully saturated rings. The van der Waals surface area contributed by atoms with Gasteiger partial charge in [0.2, 0.25) is 23.6 Å². The molecule has 4 aliphatic rings. The maximum Gasteiger partial charge on any atom is 0.410 e. The number of ether oxygens (including phenoxy) is 2. The summed E-state index contributed by atoms with van der Waals surface area (Å²) in [7, 11) is 0. The van der Waals surface area contributed by atoms with E-state index in [1.165, 1.54) is 15.9 Å². The third-order valence-electron chi connectivity index (χ3n) is 10.8. The van der Waals surface area contributed by atoms with Gasteiger partial charge in [0.15, 0.2) is 0 Å². The van der Waals surface area contributed by atoms with Crippen LogP contribution < -0.4 is 21.3 Å². The van der Waals surface area contributed by atoms with E-state index in [0.717, 1.165) is 24.8 Å². The minimum Gasteiger partial charge on any atom is -0.444 e. The summed E-state index contributed by atoms with van der Waals surface area (Å²) >= 11 is 0. The number of hydrogen-bond acceptors (Lipinski definition) is 8. The largest absolute Gasteiger partial charge is 0.444 e. The van der Waals surface area contributed by atoms with Crippen molar-refractivity contribution in [1.82, 2.24) is 31.1 Å². The minimum absolute atomic E-state index is 0.0171. The molecule has 1 saturated carbocycles. The molecule has 2 aromatic carbocycles. The van der Waals surface area contributed by atoms with Crippen molar-refractivity contribution in [2.24, 2.45) is 5.92 Å². The van der Waals surface area contributed by atoms with E-state index in [1.54, 1.807) is 32.9 Å². The van der Waals surface area contributed by atoms with Crippen LogP contribution in [0, 0.1) is 11.7 Å². The van der Waals surface area contributed by atoms with Gasteiger partial charge < -0.3 is 35.6 Å². The Balaban J connectivity index is 1.18. The molecule has 2 aromatic rings. The maximum absolute atomic E-state index is 14.5. The van der Waals surface area contributed by atoms with Gasteiger partial charge in [0, 0.05) is 44.0 Å². The lowest BCUT2D eigenvalue weighted by atomic mass is 10.0. The van der Waals surface area contributed by atoms with E-state index in [4.69, 9.17) is 9.47 Å². The Hall–Kier alpha value is -5.47. The van der Waals surface area contributed by atoms with Gasteiger partial charge in [0.1, 0.15) is 35.1 Å². The van der Waals surface area contributed by atoms with Gasteiger partial charge in [-0.1, -0.05) is 67.5 Å². The fourth-order valence-electron chi connectivity index (χ4n) is 7.67. The van der Waals surface area contributed by atoms with E-state index in [2.05, 4.69) is 21.3 Å². The highest BCUT2D eigenvalue weighted by Gasteiger charge is 2.61. The highest BCUT2D eigenvalue weighted by molar-refractivity contribution is 5.98. The van der Waals surface area contributed by atoms with Crippen molar-refractivity contribution < 1.29 is 42.6 Å². The van der Waals surface area contributed by atoms with Crippen molar-refractivity contribution in [3.05, 3.63) is 83.2 Å². The Morgan fingerprint density at radius 1 is 0.982 bits per heavy atom. The second kappa shape index (κ2) is 17.8. The molecule has 3 heterocycles. The highest BCUT2D eigenvalue weighted by Crippen LogP contribution is 2.45. The Bertz CT molecular complexity index is 1870. The van der Waals surface area contributed by atoms with Gasteiger partial charge in [0.25, 0.3) is 0 Å². The lowest BCUT2D eigenvalue weighted by molar-refractivity contribution is -0.141. The fraction of sp³-hybridized carbons (Fsp3) is 0.524. The quantitative estimate of drug-likeness (QED) is 0.286. The van der Waals surface area contributed by atoms with Crippen LogP contribution in [0.25, 0.3) is 0 Å². The number of fused-ring (bicyclic) bond motifs is 3. The SMILES string of the molecule is CC(C)(C)OC(=O)N[C@H]1CCCCC/C=C\[C@H]2C[C@@]2(C(=O)NCCC(=O)NCc2ccccc2)NC(=O)[C@@H]2C[C@@H](OC(=O)N3Cc4cccc(F)c4C3)CN2C1=O. The summed E-state index contributed by atoms with van der Waals surface area (Å²) in [5.74, 6) is -2.59. The number of hydrogen-bond donors (Lipinski definition) is 4. The summed E-state index contributed by atoms with van der Waals surface area (Å²) < 4.78 is 25.8. The molecule has 3 aliphatic heterocycles. The van der Waals surface area contributed by atoms with Crippen LogP contribution in [0.2, 0.25) is 0 Å². The molecule has 0 radical (unpaired) electrons. The summed E-state index contributed by atoms with van der Waals surface area (Å²) in [5, 5.41) is 11.3. The molecular formula is C42H53FN6O8. The first kappa shape index (κ1) is 41.2. The Morgan fingerprint density at radius 3 is 2.53 bits per heavy atom. The first-order valence-corrected chi connectivity index (χ1v) is 19.8. The van der Waals surface area contributed by atoms with Crippen molar-refractivity contribution in [2.45, 2.75) is 121 Å². The molecule has 1 saturated heterocycles.